The Kier molecular flexibility index (Phi) is 2.83. The van der Waals surface area contributed by atoms with E-state index in [9.17, 15) is 4.79 Å². The molecule has 2 aromatic heterocycles. The maximum Gasteiger partial charge on any atom is 0.183 e. The summed E-state index contributed by atoms with van der Waals surface area (Å²) in [4.78, 5) is 12.2. The van der Waals surface area contributed by atoms with Crippen LogP contribution in [0.15, 0.2) is 22.2 Å². The van der Waals surface area contributed by atoms with Crippen molar-refractivity contribution in [3.8, 4) is 0 Å². The molecule has 0 unspecified atom stereocenters. The Hall–Kier alpha value is -1.20. The minimum Gasteiger partial charge on any atom is -0.314 e. The lowest BCUT2D eigenvalue weighted by Crippen LogP contribution is -2.20. The second-order valence-electron chi connectivity index (χ2n) is 3.20. The van der Waals surface area contributed by atoms with Crippen LogP contribution >= 0.6 is 22.7 Å². The van der Waals surface area contributed by atoms with Crippen LogP contribution in [0.5, 0.6) is 0 Å². The SMILES string of the molecule is Cc1csc(=N)n1CC(=O)c1ccsc1. The van der Waals surface area contributed by atoms with Crippen LogP contribution in [-0.2, 0) is 6.54 Å². The van der Waals surface area contributed by atoms with Crippen molar-refractivity contribution in [1.82, 2.24) is 4.57 Å². The summed E-state index contributed by atoms with van der Waals surface area (Å²) in [5.41, 5.74) is 1.70. The molecule has 3 nitrogen and oxygen atoms in total. The number of carbonyl (C=O) groups excluding carboxylic acids is 1. The average Bonchev–Trinajstić information content (AvgIpc) is 2.82. The summed E-state index contributed by atoms with van der Waals surface area (Å²) < 4.78 is 1.73. The summed E-state index contributed by atoms with van der Waals surface area (Å²) in [5.74, 6) is 0.0660. The van der Waals surface area contributed by atoms with Crippen LogP contribution < -0.4 is 4.80 Å². The van der Waals surface area contributed by atoms with Gasteiger partial charge in [0.2, 0.25) is 0 Å². The minimum atomic E-state index is 0.0660. The monoisotopic (exact) mass is 238 g/mol. The van der Waals surface area contributed by atoms with Crippen LogP contribution in [0.3, 0.4) is 0 Å². The molecule has 0 aliphatic heterocycles. The molecule has 1 N–H and O–H groups in total. The van der Waals surface area contributed by atoms with Crippen LogP contribution in [0.1, 0.15) is 16.1 Å². The molecule has 0 radical (unpaired) electrons. The Morgan fingerprint density at radius 3 is 2.87 bits per heavy atom. The topological polar surface area (TPSA) is 45.9 Å². The van der Waals surface area contributed by atoms with E-state index in [4.69, 9.17) is 5.41 Å². The summed E-state index contributed by atoms with van der Waals surface area (Å²) in [6, 6.07) is 1.82. The van der Waals surface area contributed by atoms with Gasteiger partial charge in [0.1, 0.15) is 0 Å². The van der Waals surface area contributed by atoms with Gasteiger partial charge in [-0.15, -0.1) is 11.3 Å². The van der Waals surface area contributed by atoms with Crippen molar-refractivity contribution in [3.63, 3.8) is 0 Å². The number of ketones is 1. The highest BCUT2D eigenvalue weighted by atomic mass is 32.1. The molecule has 2 heterocycles. The fourth-order valence-electron chi connectivity index (χ4n) is 1.28. The van der Waals surface area contributed by atoms with Crippen molar-refractivity contribution in [2.24, 2.45) is 0 Å². The van der Waals surface area contributed by atoms with Crippen LogP contribution in [-0.4, -0.2) is 10.4 Å². The number of nitrogens with one attached hydrogen (secondary N) is 1. The smallest absolute Gasteiger partial charge is 0.183 e. The van der Waals surface area contributed by atoms with Gasteiger partial charge in [-0.25, -0.2) is 0 Å². The molecule has 0 spiro atoms. The number of hydrogen-bond donors (Lipinski definition) is 1. The van der Waals surface area contributed by atoms with Gasteiger partial charge in [-0.05, 0) is 18.4 Å². The molecule has 5 heteroatoms. The fourth-order valence-corrected chi connectivity index (χ4v) is 2.69. The van der Waals surface area contributed by atoms with E-state index in [1.807, 2.05) is 29.1 Å². The largest absolute Gasteiger partial charge is 0.314 e. The normalized spacial score (nSPS) is 10.5. The third-order valence-electron chi connectivity index (χ3n) is 2.16. The number of Topliss-reactive ketones (excluding diaryl/α,β-unsaturated/α-hetero) is 1. The van der Waals surface area contributed by atoms with E-state index in [0.717, 1.165) is 11.3 Å². The molecule has 0 aliphatic rings. The number of hydrogen-bond acceptors (Lipinski definition) is 4. The third kappa shape index (κ3) is 2.08. The number of aromatic nitrogens is 1. The summed E-state index contributed by atoms with van der Waals surface area (Å²) in [6.45, 7) is 2.18. The van der Waals surface area contributed by atoms with E-state index in [1.165, 1.54) is 22.7 Å². The van der Waals surface area contributed by atoms with Crippen molar-refractivity contribution < 1.29 is 4.79 Å². The van der Waals surface area contributed by atoms with Gasteiger partial charge in [0.05, 0.1) is 6.54 Å². The molecule has 78 valence electrons. The van der Waals surface area contributed by atoms with Crippen molar-refractivity contribution in [1.29, 1.82) is 5.41 Å². The van der Waals surface area contributed by atoms with Crippen molar-refractivity contribution in [2.75, 3.05) is 0 Å². The average molecular weight is 238 g/mol. The molecular formula is C10H10N2OS2. The predicted octanol–water partition coefficient (Wildman–Crippen LogP) is 2.28. The molecule has 0 bridgehead atoms. The molecule has 0 saturated carbocycles. The Balaban J connectivity index is 2.24. The Labute approximate surface area is 95.1 Å². The highest BCUT2D eigenvalue weighted by molar-refractivity contribution is 7.08. The number of thiophene rings is 1. The molecular weight excluding hydrogens is 228 g/mol. The Morgan fingerprint density at radius 1 is 1.53 bits per heavy atom. The molecule has 0 saturated heterocycles. The van der Waals surface area contributed by atoms with E-state index in [2.05, 4.69) is 0 Å². The van der Waals surface area contributed by atoms with Gasteiger partial charge in [-0.1, -0.05) is 0 Å². The predicted molar refractivity (Wildman–Crippen MR) is 61.6 cm³/mol. The van der Waals surface area contributed by atoms with E-state index in [0.29, 0.717) is 4.80 Å². The van der Waals surface area contributed by atoms with Gasteiger partial charge in [0.15, 0.2) is 10.6 Å². The lowest BCUT2D eigenvalue weighted by Gasteiger charge is -2.02. The first-order valence-electron chi connectivity index (χ1n) is 4.43. The molecule has 0 fully saturated rings. The lowest BCUT2D eigenvalue weighted by atomic mass is 10.2. The van der Waals surface area contributed by atoms with Crippen LogP contribution in [0.4, 0.5) is 0 Å². The van der Waals surface area contributed by atoms with Gasteiger partial charge < -0.3 is 4.57 Å². The lowest BCUT2D eigenvalue weighted by molar-refractivity contribution is 0.0970. The quantitative estimate of drug-likeness (QED) is 0.819. The molecule has 0 atom stereocenters. The zero-order valence-corrected chi connectivity index (χ0v) is 9.82. The molecule has 0 aliphatic carbocycles. The van der Waals surface area contributed by atoms with Crippen molar-refractivity contribution in [2.45, 2.75) is 13.5 Å². The summed E-state index contributed by atoms with van der Waals surface area (Å²) in [7, 11) is 0. The Bertz CT molecular complexity index is 522. The molecule has 0 aromatic carbocycles. The first-order chi connectivity index (χ1) is 7.18. The van der Waals surface area contributed by atoms with Crippen LogP contribution in [0.2, 0.25) is 0 Å². The van der Waals surface area contributed by atoms with Gasteiger partial charge >= 0.3 is 0 Å². The van der Waals surface area contributed by atoms with Crippen LogP contribution in [0, 0.1) is 12.3 Å². The standard InChI is InChI=1S/C10H10N2OS2/c1-7-5-15-10(11)12(7)4-9(13)8-2-3-14-6-8/h2-3,5-6,11H,4H2,1H3. The van der Waals surface area contributed by atoms with E-state index < -0.39 is 0 Å². The molecule has 0 amide bonds. The maximum atomic E-state index is 11.8. The van der Waals surface area contributed by atoms with Gasteiger partial charge in [0.25, 0.3) is 0 Å². The number of aryl methyl sites for hydroxylation is 1. The van der Waals surface area contributed by atoms with E-state index >= 15 is 0 Å². The molecule has 2 rings (SSSR count). The first kappa shape index (κ1) is 10.3. The van der Waals surface area contributed by atoms with Crippen molar-refractivity contribution >= 4 is 28.5 Å². The van der Waals surface area contributed by atoms with Gasteiger partial charge in [-0.3, -0.25) is 10.2 Å². The first-order valence-corrected chi connectivity index (χ1v) is 6.25. The van der Waals surface area contributed by atoms with Crippen molar-refractivity contribution in [3.05, 3.63) is 38.3 Å². The van der Waals surface area contributed by atoms with E-state index in [1.54, 1.807) is 4.57 Å². The van der Waals surface area contributed by atoms with E-state index in [-0.39, 0.29) is 12.3 Å². The minimum absolute atomic E-state index is 0.0660. The zero-order valence-electron chi connectivity index (χ0n) is 8.19. The second kappa shape index (κ2) is 4.12. The highest BCUT2D eigenvalue weighted by Crippen LogP contribution is 2.09. The maximum absolute atomic E-state index is 11.8. The highest BCUT2D eigenvalue weighted by Gasteiger charge is 2.09. The third-order valence-corrected chi connectivity index (χ3v) is 3.74. The molecule has 2 aromatic rings. The second-order valence-corrected chi connectivity index (χ2v) is 4.84. The van der Waals surface area contributed by atoms with Gasteiger partial charge in [-0.2, -0.15) is 11.3 Å². The number of nitrogens with zero attached hydrogens (tertiary/aromatic N) is 1. The zero-order chi connectivity index (χ0) is 10.8. The molecule has 15 heavy (non-hydrogen) atoms. The van der Waals surface area contributed by atoms with Crippen LogP contribution in [0.25, 0.3) is 0 Å². The fraction of sp³-hybridized carbons (Fsp3) is 0.200. The summed E-state index contributed by atoms with van der Waals surface area (Å²) in [5, 5.41) is 13.3. The number of rotatable bonds is 3. The summed E-state index contributed by atoms with van der Waals surface area (Å²) in [6.07, 6.45) is 0. The van der Waals surface area contributed by atoms with Gasteiger partial charge in [0, 0.05) is 22.0 Å². The Morgan fingerprint density at radius 2 is 2.33 bits per heavy atom. The number of thiazole rings is 1. The number of carbonyl (C=O) groups is 1. The summed E-state index contributed by atoms with van der Waals surface area (Å²) >= 11 is 2.86.